The van der Waals surface area contributed by atoms with Crippen molar-refractivity contribution in [2.24, 2.45) is 4.99 Å². The maximum Gasteiger partial charge on any atom is 0.347 e. The van der Waals surface area contributed by atoms with Crippen molar-refractivity contribution in [3.63, 3.8) is 0 Å². The summed E-state index contributed by atoms with van der Waals surface area (Å²) in [5.74, 6) is 0.288. The number of likely N-dealkylation sites (N-methyl/N-ethyl adjacent to an activating group) is 1. The molecule has 1 aliphatic rings. The predicted octanol–water partition coefficient (Wildman–Crippen LogP) is 4.81. The van der Waals surface area contributed by atoms with Gasteiger partial charge in [0.1, 0.15) is 12.4 Å². The minimum atomic E-state index is -0.703. The van der Waals surface area contributed by atoms with Crippen LogP contribution in [0, 0.1) is 6.92 Å². The summed E-state index contributed by atoms with van der Waals surface area (Å²) < 4.78 is 17.1. The number of furan rings is 1. The quantitative estimate of drug-likeness (QED) is 0.424. The zero-order chi connectivity index (χ0) is 24.9. The highest BCUT2D eigenvalue weighted by Gasteiger charge is 2.28. The number of aliphatic imine (C=N–C) groups is 1. The molecule has 0 saturated carbocycles. The molecule has 1 aromatic carbocycles. The Kier molecular flexibility index (Phi) is 7.17. The number of aromatic nitrogens is 1. The molecule has 0 bridgehead atoms. The van der Waals surface area contributed by atoms with E-state index in [-0.39, 0.29) is 29.6 Å². The molecule has 182 valence electrons. The normalized spacial score (nSPS) is 13.3. The summed E-state index contributed by atoms with van der Waals surface area (Å²) in [6.07, 6.45) is 4.90. The standard InChI is InChI=1S/C26H28N4O5/c1-5-33-26(32)22-23(31)21(14-17-15-28-24-18(17)7-6-10-27-24)35-25(22)29-19-9-8-16(2)13-20(19)34-12-11-30(3)4/h6-10,13-15,29,31H,5,11-12H2,1-4H3. The molecular formula is C26H28N4O5. The van der Waals surface area contributed by atoms with Gasteiger partial charge in [0, 0.05) is 30.1 Å². The second kappa shape index (κ2) is 10.4. The highest BCUT2D eigenvalue weighted by atomic mass is 16.5. The molecule has 35 heavy (non-hydrogen) atoms. The summed E-state index contributed by atoms with van der Waals surface area (Å²) in [7, 11) is 3.94. The van der Waals surface area contributed by atoms with Crippen LogP contribution < -0.4 is 10.1 Å². The van der Waals surface area contributed by atoms with Gasteiger partial charge in [0.05, 0.1) is 12.3 Å². The van der Waals surface area contributed by atoms with Gasteiger partial charge in [-0.1, -0.05) is 6.07 Å². The van der Waals surface area contributed by atoms with Gasteiger partial charge in [-0.3, -0.25) is 0 Å². The minimum Gasteiger partial charge on any atom is -0.504 e. The van der Waals surface area contributed by atoms with Crippen molar-refractivity contribution in [2.45, 2.75) is 13.8 Å². The van der Waals surface area contributed by atoms with E-state index >= 15 is 0 Å². The van der Waals surface area contributed by atoms with Gasteiger partial charge in [-0.05, 0) is 63.8 Å². The Morgan fingerprint density at radius 3 is 2.89 bits per heavy atom. The van der Waals surface area contributed by atoms with Gasteiger partial charge < -0.3 is 29.2 Å². The van der Waals surface area contributed by atoms with Crippen LogP contribution in [0.5, 0.6) is 11.5 Å². The highest BCUT2D eigenvalue weighted by molar-refractivity contribution is 6.21. The van der Waals surface area contributed by atoms with Crippen LogP contribution in [-0.2, 0) is 4.74 Å². The van der Waals surface area contributed by atoms with Crippen LogP contribution in [-0.4, -0.2) is 61.0 Å². The number of nitrogens with zero attached hydrogens (tertiary/aromatic N) is 3. The predicted molar refractivity (Wildman–Crippen MR) is 135 cm³/mol. The lowest BCUT2D eigenvalue weighted by Crippen LogP contribution is -2.19. The summed E-state index contributed by atoms with van der Waals surface area (Å²) in [5.41, 5.74) is 3.00. The third-order valence-corrected chi connectivity index (χ3v) is 5.28. The topological polar surface area (TPSA) is 109 Å². The maximum absolute atomic E-state index is 12.7. The lowest BCUT2D eigenvalue weighted by atomic mass is 10.1. The number of aryl methyl sites for hydroxylation is 1. The number of pyridine rings is 1. The Morgan fingerprint density at radius 1 is 1.29 bits per heavy atom. The largest absolute Gasteiger partial charge is 0.504 e. The van der Waals surface area contributed by atoms with Gasteiger partial charge in [-0.15, -0.1) is 0 Å². The van der Waals surface area contributed by atoms with Crippen molar-refractivity contribution >= 4 is 41.2 Å². The molecule has 3 aromatic rings. The molecule has 0 radical (unpaired) electrons. The monoisotopic (exact) mass is 476 g/mol. The molecule has 4 rings (SSSR count). The number of anilines is 2. The van der Waals surface area contributed by atoms with E-state index in [9.17, 15) is 9.90 Å². The number of nitrogens with one attached hydrogen (secondary N) is 1. The first-order chi connectivity index (χ1) is 16.9. The maximum atomic E-state index is 12.7. The Morgan fingerprint density at radius 2 is 2.11 bits per heavy atom. The van der Waals surface area contributed by atoms with Crippen LogP contribution in [0.4, 0.5) is 17.4 Å². The molecule has 0 atom stereocenters. The Balaban J connectivity index is 1.71. The number of carbonyl (C=O) groups excluding carboxylic acids is 1. The Labute approximate surface area is 203 Å². The van der Waals surface area contributed by atoms with Crippen molar-refractivity contribution in [2.75, 3.05) is 39.2 Å². The van der Waals surface area contributed by atoms with Crippen LogP contribution >= 0.6 is 0 Å². The number of fused-ring (bicyclic) bond motifs is 1. The van der Waals surface area contributed by atoms with E-state index in [2.05, 4.69) is 15.3 Å². The van der Waals surface area contributed by atoms with E-state index in [1.807, 2.05) is 50.2 Å². The molecule has 0 aliphatic carbocycles. The number of benzene rings is 1. The first-order valence-electron chi connectivity index (χ1n) is 11.3. The van der Waals surface area contributed by atoms with Crippen LogP contribution in [0.15, 0.2) is 45.9 Å². The molecule has 3 heterocycles. The Hall–Kier alpha value is -4.11. The lowest BCUT2D eigenvalue weighted by Gasteiger charge is -2.15. The fourth-order valence-corrected chi connectivity index (χ4v) is 3.51. The molecule has 9 heteroatoms. The van der Waals surface area contributed by atoms with Crippen molar-refractivity contribution in [1.29, 1.82) is 0 Å². The zero-order valence-electron chi connectivity index (χ0n) is 20.2. The number of rotatable bonds is 9. The molecule has 0 spiro atoms. The average Bonchev–Trinajstić information content (AvgIpc) is 3.36. The van der Waals surface area contributed by atoms with E-state index in [1.165, 1.54) is 0 Å². The number of hydrogen-bond donors (Lipinski definition) is 2. The second-order valence-corrected chi connectivity index (χ2v) is 8.25. The molecule has 1 aliphatic heterocycles. The second-order valence-electron chi connectivity index (χ2n) is 8.25. The number of ether oxygens (including phenoxy) is 2. The zero-order valence-corrected chi connectivity index (χ0v) is 20.2. The number of esters is 1. The van der Waals surface area contributed by atoms with E-state index in [0.717, 1.165) is 17.7 Å². The molecule has 0 unspecified atom stereocenters. The highest BCUT2D eigenvalue weighted by Crippen LogP contribution is 2.40. The van der Waals surface area contributed by atoms with Crippen molar-refractivity contribution in [3.05, 3.63) is 59.0 Å². The molecular weight excluding hydrogens is 448 g/mol. The van der Waals surface area contributed by atoms with Crippen molar-refractivity contribution in [1.82, 2.24) is 9.88 Å². The molecule has 2 aromatic heterocycles. The average molecular weight is 477 g/mol. The number of hydrogen-bond acceptors (Lipinski definition) is 9. The molecule has 0 fully saturated rings. The smallest absolute Gasteiger partial charge is 0.347 e. The van der Waals surface area contributed by atoms with Gasteiger partial charge in [0.2, 0.25) is 5.88 Å². The number of allylic oxidation sites excluding steroid dienone is 1. The molecule has 2 N–H and O–H groups in total. The third kappa shape index (κ3) is 5.36. The lowest BCUT2D eigenvalue weighted by molar-refractivity contribution is 0.0524. The van der Waals surface area contributed by atoms with E-state index in [1.54, 1.807) is 31.5 Å². The SMILES string of the molecule is CCOC(=O)c1c(Nc2ccc(C)cc2OCCN(C)C)oc(C=C2C=Nc3ncccc32)c1O. The van der Waals surface area contributed by atoms with Crippen LogP contribution in [0.25, 0.3) is 11.6 Å². The van der Waals surface area contributed by atoms with Crippen LogP contribution in [0.2, 0.25) is 0 Å². The van der Waals surface area contributed by atoms with Gasteiger partial charge in [-0.2, -0.15) is 0 Å². The minimum absolute atomic E-state index is 0.0514. The van der Waals surface area contributed by atoms with Gasteiger partial charge in [0.15, 0.2) is 22.9 Å². The molecule has 0 amide bonds. The fourth-order valence-electron chi connectivity index (χ4n) is 3.51. The molecule has 9 nitrogen and oxygen atoms in total. The van der Waals surface area contributed by atoms with E-state index in [0.29, 0.717) is 29.4 Å². The number of carbonyl (C=O) groups is 1. The fraction of sp³-hybridized carbons (Fsp3) is 0.269. The van der Waals surface area contributed by atoms with E-state index in [4.69, 9.17) is 13.9 Å². The summed E-state index contributed by atoms with van der Waals surface area (Å²) in [4.78, 5) is 23.3. The Bertz CT molecular complexity index is 1290. The summed E-state index contributed by atoms with van der Waals surface area (Å²) in [6, 6.07) is 9.31. The van der Waals surface area contributed by atoms with Crippen LogP contribution in [0.1, 0.15) is 34.2 Å². The number of aromatic hydroxyl groups is 1. The van der Waals surface area contributed by atoms with Gasteiger partial charge >= 0.3 is 5.97 Å². The first kappa shape index (κ1) is 24.0. The van der Waals surface area contributed by atoms with Crippen molar-refractivity contribution < 1.29 is 23.8 Å². The summed E-state index contributed by atoms with van der Waals surface area (Å²) in [5, 5.41) is 14.0. The van der Waals surface area contributed by atoms with Crippen molar-refractivity contribution in [3.8, 4) is 11.5 Å². The third-order valence-electron chi connectivity index (χ3n) is 5.28. The van der Waals surface area contributed by atoms with Gasteiger partial charge in [0.25, 0.3) is 0 Å². The first-order valence-corrected chi connectivity index (χ1v) is 11.3. The summed E-state index contributed by atoms with van der Waals surface area (Å²) >= 11 is 0. The molecule has 0 saturated heterocycles. The van der Waals surface area contributed by atoms with Gasteiger partial charge in [-0.25, -0.2) is 14.8 Å². The summed E-state index contributed by atoms with van der Waals surface area (Å²) in [6.45, 7) is 5.02. The van der Waals surface area contributed by atoms with E-state index < -0.39 is 5.97 Å². The van der Waals surface area contributed by atoms with Crippen LogP contribution in [0.3, 0.4) is 0 Å².